The first-order valence-corrected chi connectivity index (χ1v) is 12.9. The van der Waals surface area contributed by atoms with Gasteiger partial charge in [-0.2, -0.15) is 0 Å². The molecule has 4 aliphatic heterocycles. The first kappa shape index (κ1) is 24.7. The van der Waals surface area contributed by atoms with Gasteiger partial charge in [-0.05, 0) is 43.9 Å². The number of hydrogen-bond acceptors (Lipinski definition) is 6. The summed E-state index contributed by atoms with van der Waals surface area (Å²) in [5, 5.41) is 9.10. The van der Waals surface area contributed by atoms with Gasteiger partial charge in [0.1, 0.15) is 24.2 Å². The summed E-state index contributed by atoms with van der Waals surface area (Å²) in [6.07, 6.45) is 9.74. The van der Waals surface area contributed by atoms with E-state index in [1.54, 1.807) is 22.0 Å². The molecule has 1 unspecified atom stereocenters. The number of para-hydroxylation sites is 1. The summed E-state index contributed by atoms with van der Waals surface area (Å²) in [5.74, 6) is -2.50. The topological polar surface area (TPSA) is 96.4 Å². The molecule has 0 radical (unpaired) electrons. The van der Waals surface area contributed by atoms with Gasteiger partial charge in [0.25, 0.3) is 5.91 Å². The molecule has 8 nitrogen and oxygen atoms in total. The van der Waals surface area contributed by atoms with Crippen molar-refractivity contribution in [3.05, 3.63) is 53.6 Å². The zero-order valence-electron chi connectivity index (χ0n) is 20.9. The lowest BCUT2D eigenvalue weighted by Gasteiger charge is -2.36. The molecule has 4 aliphatic rings. The van der Waals surface area contributed by atoms with E-state index in [-0.39, 0.29) is 25.0 Å². The largest absolute Gasteiger partial charge is 0.461 e. The normalized spacial score (nSPS) is 31.1. The van der Waals surface area contributed by atoms with Gasteiger partial charge in [-0.3, -0.25) is 14.4 Å². The number of aliphatic hydroxyl groups excluding tert-OH is 1. The second-order valence-electron chi connectivity index (χ2n) is 10.2. The van der Waals surface area contributed by atoms with E-state index in [1.165, 1.54) is 0 Å². The molecule has 192 valence electrons. The number of cyclic esters (lactones) is 1. The molecule has 2 saturated heterocycles. The van der Waals surface area contributed by atoms with Crippen LogP contribution >= 0.6 is 0 Å². The molecule has 1 aromatic rings. The third-order valence-electron chi connectivity index (χ3n) is 7.93. The second-order valence-corrected chi connectivity index (χ2v) is 10.2. The van der Waals surface area contributed by atoms with Gasteiger partial charge in [0, 0.05) is 25.4 Å². The highest BCUT2D eigenvalue weighted by Gasteiger charge is 2.71. The van der Waals surface area contributed by atoms with Crippen LogP contribution in [0.3, 0.4) is 0 Å². The van der Waals surface area contributed by atoms with Gasteiger partial charge in [0.15, 0.2) is 0 Å². The summed E-state index contributed by atoms with van der Waals surface area (Å²) >= 11 is 0. The Morgan fingerprint density at radius 1 is 1.03 bits per heavy atom. The number of amides is 2. The number of anilines is 1. The Morgan fingerprint density at radius 3 is 2.53 bits per heavy atom. The van der Waals surface area contributed by atoms with Crippen LogP contribution in [0.5, 0.6) is 0 Å². The van der Waals surface area contributed by atoms with E-state index in [0.29, 0.717) is 25.9 Å². The van der Waals surface area contributed by atoms with Gasteiger partial charge in [0.05, 0.1) is 12.0 Å². The summed E-state index contributed by atoms with van der Waals surface area (Å²) in [5.41, 5.74) is 1.57. The molecule has 0 bridgehead atoms. The number of carbonyl (C=O) groups is 3. The van der Waals surface area contributed by atoms with E-state index >= 15 is 0 Å². The lowest BCUT2D eigenvalue weighted by Crippen LogP contribution is -2.55. The standard InChI is InChI=1S/C28H34N2O6/c1-18-10-7-11-19(2)23(18)29-15-9-13-28-22(21-20(36-28)12-8-17-35-27(21)34)25(32)30(24(28)26(29)33)14-5-3-4-6-16-31/h7-13,20-22,24,31H,3-6,14-17H2,1-2H3/t20-,21+,22+,24?,28+/m1/s1. The molecule has 1 aromatic carbocycles. The van der Waals surface area contributed by atoms with Gasteiger partial charge in [-0.15, -0.1) is 0 Å². The Hall–Kier alpha value is -2.97. The van der Waals surface area contributed by atoms with E-state index in [0.717, 1.165) is 29.7 Å². The third-order valence-corrected chi connectivity index (χ3v) is 7.93. The van der Waals surface area contributed by atoms with Gasteiger partial charge >= 0.3 is 5.97 Å². The smallest absolute Gasteiger partial charge is 0.313 e. The number of likely N-dealkylation sites (tertiary alicyclic amines) is 1. The number of hydrogen-bond donors (Lipinski definition) is 1. The summed E-state index contributed by atoms with van der Waals surface area (Å²) in [6.45, 7) is 4.98. The molecule has 2 amide bonds. The number of unbranched alkanes of at least 4 members (excludes halogenated alkanes) is 3. The number of rotatable bonds is 7. The number of carbonyl (C=O) groups excluding carboxylic acids is 3. The van der Waals surface area contributed by atoms with Crippen molar-refractivity contribution < 1.29 is 29.0 Å². The molecule has 1 spiro atoms. The molecule has 5 rings (SSSR count). The highest BCUT2D eigenvalue weighted by molar-refractivity contribution is 6.06. The number of aryl methyl sites for hydroxylation is 2. The molecule has 0 aromatic heterocycles. The van der Waals surface area contributed by atoms with Crippen LogP contribution in [0.4, 0.5) is 5.69 Å². The highest BCUT2D eigenvalue weighted by Crippen LogP contribution is 2.53. The van der Waals surface area contributed by atoms with Crippen LogP contribution < -0.4 is 4.90 Å². The fourth-order valence-corrected chi connectivity index (χ4v) is 6.39. The highest BCUT2D eigenvalue weighted by atomic mass is 16.6. The Balaban J connectivity index is 1.56. The summed E-state index contributed by atoms with van der Waals surface area (Å²) in [4.78, 5) is 44.7. The third kappa shape index (κ3) is 3.87. The SMILES string of the molecule is Cc1cccc(C)c1N1CC=C[C@]23O[C@@H]4C=CCOC(=O)[C@@H]4[C@H]2C(=O)N(CCCCCCO)C3C1=O. The zero-order chi connectivity index (χ0) is 25.4. The number of esters is 1. The fraction of sp³-hybridized carbons (Fsp3) is 0.536. The van der Waals surface area contributed by atoms with Crippen molar-refractivity contribution >= 4 is 23.5 Å². The van der Waals surface area contributed by atoms with E-state index in [2.05, 4.69) is 0 Å². The number of nitrogens with zero attached hydrogens (tertiary/aromatic N) is 2. The molecular formula is C28H34N2O6. The van der Waals surface area contributed by atoms with Crippen molar-refractivity contribution in [3.63, 3.8) is 0 Å². The van der Waals surface area contributed by atoms with Gasteiger partial charge in [-0.25, -0.2) is 0 Å². The lowest BCUT2D eigenvalue weighted by molar-refractivity contribution is -0.152. The van der Waals surface area contributed by atoms with Crippen molar-refractivity contribution in [1.82, 2.24) is 4.90 Å². The molecule has 8 heteroatoms. The molecule has 5 atom stereocenters. The molecule has 36 heavy (non-hydrogen) atoms. The van der Waals surface area contributed by atoms with Crippen LogP contribution in [0.15, 0.2) is 42.5 Å². The molecule has 0 aliphatic carbocycles. The maximum Gasteiger partial charge on any atom is 0.313 e. The maximum atomic E-state index is 14.4. The number of fused-ring (bicyclic) bond motifs is 2. The Morgan fingerprint density at radius 2 is 1.78 bits per heavy atom. The minimum atomic E-state index is -1.24. The second kappa shape index (κ2) is 9.82. The monoisotopic (exact) mass is 494 g/mol. The Labute approximate surface area is 211 Å². The molecule has 2 fully saturated rings. The number of aliphatic hydroxyl groups is 1. The molecule has 4 heterocycles. The predicted octanol–water partition coefficient (Wildman–Crippen LogP) is 2.45. The average molecular weight is 495 g/mol. The predicted molar refractivity (Wildman–Crippen MR) is 133 cm³/mol. The maximum absolute atomic E-state index is 14.4. The summed E-state index contributed by atoms with van der Waals surface area (Å²) < 4.78 is 11.9. The lowest BCUT2D eigenvalue weighted by atomic mass is 9.78. The number of benzene rings is 1. The molecule has 0 saturated carbocycles. The minimum Gasteiger partial charge on any atom is -0.461 e. The Kier molecular flexibility index (Phi) is 6.74. The zero-order valence-corrected chi connectivity index (χ0v) is 20.9. The molecular weight excluding hydrogens is 460 g/mol. The van der Waals surface area contributed by atoms with Crippen LogP contribution in [-0.2, 0) is 23.9 Å². The average Bonchev–Trinajstić information content (AvgIpc) is 3.14. The van der Waals surface area contributed by atoms with Crippen molar-refractivity contribution in [2.45, 2.75) is 57.3 Å². The van der Waals surface area contributed by atoms with Crippen LogP contribution in [0.1, 0.15) is 36.8 Å². The minimum absolute atomic E-state index is 0.136. The summed E-state index contributed by atoms with van der Waals surface area (Å²) in [7, 11) is 0. The van der Waals surface area contributed by atoms with Crippen molar-refractivity contribution in [2.24, 2.45) is 11.8 Å². The van der Waals surface area contributed by atoms with E-state index in [1.807, 2.05) is 44.2 Å². The summed E-state index contributed by atoms with van der Waals surface area (Å²) in [6, 6.07) is 5.05. The first-order chi connectivity index (χ1) is 17.4. The van der Waals surface area contributed by atoms with Crippen LogP contribution in [0.25, 0.3) is 0 Å². The fourth-order valence-electron chi connectivity index (χ4n) is 6.39. The van der Waals surface area contributed by atoms with Crippen molar-refractivity contribution in [3.8, 4) is 0 Å². The van der Waals surface area contributed by atoms with Crippen molar-refractivity contribution in [1.29, 1.82) is 0 Å². The van der Waals surface area contributed by atoms with Crippen LogP contribution in [0, 0.1) is 25.7 Å². The van der Waals surface area contributed by atoms with Gasteiger partial charge in [-0.1, -0.05) is 49.3 Å². The van der Waals surface area contributed by atoms with Gasteiger partial charge in [0.2, 0.25) is 5.91 Å². The quantitative estimate of drug-likeness (QED) is 0.355. The molecule has 1 N–H and O–H groups in total. The first-order valence-electron chi connectivity index (χ1n) is 12.9. The van der Waals surface area contributed by atoms with Gasteiger partial charge < -0.3 is 24.4 Å². The van der Waals surface area contributed by atoms with Crippen LogP contribution in [0.2, 0.25) is 0 Å². The van der Waals surface area contributed by atoms with E-state index in [9.17, 15) is 14.4 Å². The van der Waals surface area contributed by atoms with Crippen molar-refractivity contribution in [2.75, 3.05) is 31.2 Å². The van der Waals surface area contributed by atoms with E-state index < -0.39 is 35.6 Å². The van der Waals surface area contributed by atoms with Crippen LogP contribution in [-0.4, -0.2) is 71.8 Å². The Bertz CT molecular complexity index is 1090. The van der Waals surface area contributed by atoms with E-state index in [4.69, 9.17) is 14.6 Å². The number of ether oxygens (including phenoxy) is 2.